The molecule has 2 atom stereocenters. The number of phenolic OH excluding ortho intramolecular Hbond substituents is 1. The zero-order valence-corrected chi connectivity index (χ0v) is 16.2. The van der Waals surface area contributed by atoms with Gasteiger partial charge in [-0.1, -0.05) is 54.4 Å². The van der Waals surface area contributed by atoms with Crippen molar-refractivity contribution in [3.63, 3.8) is 0 Å². The molecule has 1 N–H and O–H groups in total. The summed E-state index contributed by atoms with van der Waals surface area (Å²) in [7, 11) is 0. The van der Waals surface area contributed by atoms with E-state index in [1.807, 2.05) is 0 Å². The number of aromatic hydroxyl groups is 1. The van der Waals surface area contributed by atoms with Crippen molar-refractivity contribution in [1.82, 2.24) is 0 Å². The molecule has 2 nitrogen and oxygen atoms in total. The molecule has 1 radical (unpaired) electrons. The number of thioether (sulfide) groups is 1. The fourth-order valence-corrected chi connectivity index (χ4v) is 4.49. The molecule has 1 aromatic carbocycles. The monoisotopic (exact) mass is 335 g/mol. The second-order valence-electron chi connectivity index (χ2n) is 8.85. The Morgan fingerprint density at radius 3 is 1.87 bits per heavy atom. The van der Waals surface area contributed by atoms with Gasteiger partial charge in [-0.25, -0.2) is 5.11 Å². The van der Waals surface area contributed by atoms with Crippen molar-refractivity contribution in [2.75, 3.05) is 0 Å². The average molecular weight is 336 g/mol. The van der Waals surface area contributed by atoms with Crippen LogP contribution in [0.3, 0.4) is 0 Å². The molecule has 0 bridgehead atoms. The highest BCUT2D eigenvalue weighted by Gasteiger charge is 2.29. The van der Waals surface area contributed by atoms with E-state index in [1.165, 1.54) is 0 Å². The molecular weight excluding hydrogens is 304 g/mol. The van der Waals surface area contributed by atoms with Crippen LogP contribution < -0.4 is 0 Å². The van der Waals surface area contributed by atoms with E-state index < -0.39 is 6.10 Å². The normalized spacial score (nSPS) is 23.1. The van der Waals surface area contributed by atoms with Gasteiger partial charge >= 0.3 is 0 Å². The highest BCUT2D eigenvalue weighted by Crippen LogP contribution is 2.43. The maximum absolute atomic E-state index is 12.2. The van der Waals surface area contributed by atoms with Crippen molar-refractivity contribution in [1.29, 1.82) is 0 Å². The summed E-state index contributed by atoms with van der Waals surface area (Å²) in [5, 5.41) is 23.2. The first-order valence-electron chi connectivity index (χ1n) is 8.70. The van der Waals surface area contributed by atoms with Crippen molar-refractivity contribution in [3.8, 4) is 5.75 Å². The van der Waals surface area contributed by atoms with Gasteiger partial charge in [-0.15, -0.1) is 11.8 Å². The second kappa shape index (κ2) is 6.68. The van der Waals surface area contributed by atoms with Crippen molar-refractivity contribution >= 4 is 11.8 Å². The van der Waals surface area contributed by atoms with Crippen molar-refractivity contribution < 1.29 is 10.2 Å². The molecule has 0 aliphatic heterocycles. The molecule has 1 fully saturated rings. The van der Waals surface area contributed by atoms with Gasteiger partial charge in [0.15, 0.2) is 0 Å². The van der Waals surface area contributed by atoms with Crippen LogP contribution in [-0.2, 0) is 15.9 Å². The Bertz CT molecular complexity index is 517. The molecule has 2 rings (SSSR count). The third-order valence-electron chi connectivity index (χ3n) is 4.63. The number of benzene rings is 1. The van der Waals surface area contributed by atoms with Crippen molar-refractivity contribution in [3.05, 3.63) is 23.3 Å². The van der Waals surface area contributed by atoms with Gasteiger partial charge in [-0.2, -0.15) is 0 Å². The van der Waals surface area contributed by atoms with Crippen LogP contribution in [0, 0.1) is 0 Å². The van der Waals surface area contributed by atoms with E-state index >= 15 is 0 Å². The summed E-state index contributed by atoms with van der Waals surface area (Å²) in [6, 6.07) is 4.19. The van der Waals surface area contributed by atoms with Gasteiger partial charge < -0.3 is 5.11 Å². The SMILES string of the molecule is CC(C)(C)c1cc(S[C@@H]2CCCC[C@H]2[O])cc(C(C)(C)C)c1O. The fourth-order valence-electron chi connectivity index (χ4n) is 3.19. The Hall–Kier alpha value is -0.670. The van der Waals surface area contributed by atoms with Gasteiger partial charge in [0, 0.05) is 21.3 Å². The Balaban J connectivity index is 2.43. The van der Waals surface area contributed by atoms with Crippen LogP contribution in [0.25, 0.3) is 0 Å². The lowest BCUT2D eigenvalue weighted by Gasteiger charge is -2.30. The first-order valence-corrected chi connectivity index (χ1v) is 9.58. The van der Waals surface area contributed by atoms with Crippen LogP contribution in [-0.4, -0.2) is 16.5 Å². The van der Waals surface area contributed by atoms with E-state index in [9.17, 15) is 10.2 Å². The van der Waals surface area contributed by atoms with Gasteiger partial charge in [0.2, 0.25) is 0 Å². The standard InChI is InChI=1S/C20H31O2S/c1-19(2,3)14-11-13(12-15(18(14)22)20(4,5)6)23-17-10-8-7-9-16(17)21/h11-12,16-17,22H,7-10H2,1-6H3/t16-,17-/m1/s1. The molecular formula is C20H31O2S. The van der Waals surface area contributed by atoms with Crippen LogP contribution in [0.4, 0.5) is 0 Å². The maximum atomic E-state index is 12.2. The summed E-state index contributed by atoms with van der Waals surface area (Å²) in [6.07, 6.45) is 3.58. The van der Waals surface area contributed by atoms with E-state index in [1.54, 1.807) is 11.8 Å². The largest absolute Gasteiger partial charge is 0.507 e. The van der Waals surface area contributed by atoms with E-state index in [-0.39, 0.29) is 16.1 Å². The molecule has 0 spiro atoms. The minimum Gasteiger partial charge on any atom is -0.507 e. The van der Waals surface area contributed by atoms with E-state index in [2.05, 4.69) is 53.7 Å². The quantitative estimate of drug-likeness (QED) is 0.739. The zero-order chi connectivity index (χ0) is 17.4. The van der Waals surface area contributed by atoms with Gasteiger partial charge in [-0.05, 0) is 35.8 Å². The summed E-state index contributed by atoms with van der Waals surface area (Å²) in [6.45, 7) is 12.7. The summed E-state index contributed by atoms with van der Waals surface area (Å²) < 4.78 is 0. The van der Waals surface area contributed by atoms with Crippen LogP contribution in [0.1, 0.15) is 78.4 Å². The summed E-state index contributed by atoms with van der Waals surface area (Å²) in [5.74, 6) is 0.414. The van der Waals surface area contributed by atoms with Gasteiger partial charge in [0.05, 0.1) is 0 Å². The minimum absolute atomic E-state index is 0.121. The molecule has 0 aromatic heterocycles. The number of phenols is 1. The Kier molecular flexibility index (Phi) is 5.42. The van der Waals surface area contributed by atoms with E-state index in [4.69, 9.17) is 0 Å². The predicted octanol–water partition coefficient (Wildman–Crippen LogP) is 5.82. The van der Waals surface area contributed by atoms with Crippen LogP contribution in [0.15, 0.2) is 17.0 Å². The third-order valence-corrected chi connectivity index (χ3v) is 5.98. The molecule has 3 heteroatoms. The molecule has 0 amide bonds. The van der Waals surface area contributed by atoms with Crippen LogP contribution in [0.2, 0.25) is 0 Å². The highest BCUT2D eigenvalue weighted by atomic mass is 32.2. The third kappa shape index (κ3) is 4.45. The Morgan fingerprint density at radius 1 is 0.957 bits per heavy atom. The van der Waals surface area contributed by atoms with Crippen LogP contribution in [0.5, 0.6) is 5.75 Å². The number of hydrogen-bond acceptors (Lipinski definition) is 2. The highest BCUT2D eigenvalue weighted by molar-refractivity contribution is 8.00. The lowest BCUT2D eigenvalue weighted by Crippen LogP contribution is -2.25. The molecule has 0 saturated heterocycles. The minimum atomic E-state index is -0.460. The van der Waals surface area contributed by atoms with Crippen molar-refractivity contribution in [2.45, 2.75) is 94.3 Å². The zero-order valence-electron chi connectivity index (χ0n) is 15.4. The molecule has 1 aliphatic rings. The van der Waals surface area contributed by atoms with E-state index in [0.29, 0.717) is 5.75 Å². The molecule has 0 unspecified atom stereocenters. The summed E-state index contributed by atoms with van der Waals surface area (Å²) >= 11 is 1.72. The Morgan fingerprint density at radius 2 is 1.43 bits per heavy atom. The first kappa shape index (κ1) is 18.7. The van der Waals surface area contributed by atoms with Gasteiger partial charge in [-0.3, -0.25) is 0 Å². The molecule has 0 heterocycles. The summed E-state index contributed by atoms with van der Waals surface area (Å²) in [5.41, 5.74) is 1.71. The van der Waals surface area contributed by atoms with E-state index in [0.717, 1.165) is 41.7 Å². The Labute approximate surface area is 145 Å². The van der Waals surface area contributed by atoms with Crippen LogP contribution >= 0.6 is 11.8 Å². The van der Waals surface area contributed by atoms with Crippen molar-refractivity contribution in [2.24, 2.45) is 0 Å². The topological polar surface area (TPSA) is 40.1 Å². The lowest BCUT2D eigenvalue weighted by atomic mass is 9.79. The molecule has 129 valence electrons. The molecule has 23 heavy (non-hydrogen) atoms. The van der Waals surface area contributed by atoms with Gasteiger partial charge in [0.25, 0.3) is 0 Å². The van der Waals surface area contributed by atoms with Gasteiger partial charge in [0.1, 0.15) is 11.9 Å². The molecule has 1 aromatic rings. The fraction of sp³-hybridized carbons (Fsp3) is 0.700. The maximum Gasteiger partial charge on any atom is 0.123 e. The smallest absolute Gasteiger partial charge is 0.123 e. The molecule has 1 saturated carbocycles. The number of hydrogen-bond donors (Lipinski definition) is 1. The average Bonchev–Trinajstić information content (AvgIpc) is 2.40. The summed E-state index contributed by atoms with van der Waals surface area (Å²) in [4.78, 5) is 1.13. The molecule has 1 aliphatic carbocycles. The predicted molar refractivity (Wildman–Crippen MR) is 98.1 cm³/mol. The second-order valence-corrected chi connectivity index (χ2v) is 10.2. The first-order chi connectivity index (χ1) is 10.5. The lowest BCUT2D eigenvalue weighted by molar-refractivity contribution is 0.0620. The number of rotatable bonds is 2.